The van der Waals surface area contributed by atoms with Gasteiger partial charge in [-0.1, -0.05) is 11.6 Å². The van der Waals surface area contributed by atoms with Crippen LogP contribution in [0.2, 0.25) is 5.02 Å². The highest BCUT2D eigenvalue weighted by Crippen LogP contribution is 2.37. The largest absolute Gasteiger partial charge is 0.480 e. The molecule has 1 aliphatic rings. The van der Waals surface area contributed by atoms with Crippen molar-refractivity contribution in [2.45, 2.75) is 0 Å². The van der Waals surface area contributed by atoms with E-state index in [1.165, 1.54) is 25.6 Å². The third-order valence-corrected chi connectivity index (χ3v) is 5.61. The third-order valence-electron chi connectivity index (χ3n) is 5.31. The van der Waals surface area contributed by atoms with E-state index >= 15 is 0 Å². The lowest BCUT2D eigenvalue weighted by Gasteiger charge is -2.29. The Bertz CT molecular complexity index is 1300. The number of morpholine rings is 1. The molecular formula is C23H19ClFN5O3. The van der Waals surface area contributed by atoms with Gasteiger partial charge in [0.2, 0.25) is 11.8 Å². The van der Waals surface area contributed by atoms with Crippen LogP contribution in [0.25, 0.3) is 22.2 Å². The molecule has 1 fully saturated rings. The average molecular weight is 468 g/mol. The van der Waals surface area contributed by atoms with Crippen LogP contribution >= 0.6 is 11.6 Å². The predicted molar refractivity (Wildman–Crippen MR) is 122 cm³/mol. The predicted octanol–water partition coefficient (Wildman–Crippen LogP) is 4.52. The second-order valence-corrected chi connectivity index (χ2v) is 7.71. The molecule has 3 heterocycles. The zero-order valence-corrected chi connectivity index (χ0v) is 18.4. The van der Waals surface area contributed by atoms with Crippen LogP contribution in [0.4, 0.5) is 10.1 Å². The number of aromatic nitrogens is 4. The van der Waals surface area contributed by atoms with Crippen molar-refractivity contribution in [1.29, 1.82) is 0 Å². The number of fused-ring (bicyclic) bond motifs is 1. The van der Waals surface area contributed by atoms with E-state index in [1.807, 2.05) is 18.2 Å². The van der Waals surface area contributed by atoms with Crippen molar-refractivity contribution in [3.8, 4) is 28.8 Å². The van der Waals surface area contributed by atoms with Gasteiger partial charge in [0.05, 0.1) is 36.6 Å². The summed E-state index contributed by atoms with van der Waals surface area (Å²) < 4.78 is 31.2. The lowest BCUT2D eigenvalue weighted by atomic mass is 10.0. The van der Waals surface area contributed by atoms with Crippen LogP contribution in [0.1, 0.15) is 0 Å². The van der Waals surface area contributed by atoms with Crippen molar-refractivity contribution in [3.63, 3.8) is 0 Å². The van der Waals surface area contributed by atoms with Crippen LogP contribution < -0.4 is 14.4 Å². The molecule has 2 aromatic carbocycles. The summed E-state index contributed by atoms with van der Waals surface area (Å²) in [6.45, 7) is 2.99. The molecule has 0 bridgehead atoms. The van der Waals surface area contributed by atoms with Crippen molar-refractivity contribution in [3.05, 3.63) is 59.6 Å². The Labute approximate surface area is 193 Å². The van der Waals surface area contributed by atoms with Crippen LogP contribution in [-0.2, 0) is 4.74 Å². The summed E-state index contributed by atoms with van der Waals surface area (Å²) in [5.74, 6) is 0.241. The highest BCUT2D eigenvalue weighted by Gasteiger charge is 2.18. The molecule has 0 aliphatic carbocycles. The summed E-state index contributed by atoms with van der Waals surface area (Å²) in [5, 5.41) is 8.60. The van der Waals surface area contributed by atoms with Crippen LogP contribution in [0.5, 0.6) is 17.5 Å². The highest BCUT2D eigenvalue weighted by atomic mass is 35.5. The molecule has 33 heavy (non-hydrogen) atoms. The van der Waals surface area contributed by atoms with E-state index in [4.69, 9.17) is 25.8 Å². The van der Waals surface area contributed by atoms with Gasteiger partial charge in [-0.15, -0.1) is 10.2 Å². The second kappa shape index (κ2) is 9.13. The van der Waals surface area contributed by atoms with E-state index in [0.717, 1.165) is 18.8 Å². The Morgan fingerprint density at radius 2 is 1.79 bits per heavy atom. The quantitative estimate of drug-likeness (QED) is 0.424. The highest BCUT2D eigenvalue weighted by molar-refractivity contribution is 6.32. The molecular weight excluding hydrogens is 449 g/mol. The topological polar surface area (TPSA) is 82.5 Å². The van der Waals surface area contributed by atoms with Crippen molar-refractivity contribution in [1.82, 2.24) is 20.2 Å². The first-order chi connectivity index (χ1) is 16.1. The first kappa shape index (κ1) is 21.3. The number of rotatable bonds is 5. The van der Waals surface area contributed by atoms with E-state index < -0.39 is 5.82 Å². The Morgan fingerprint density at radius 1 is 1.00 bits per heavy atom. The second-order valence-electron chi connectivity index (χ2n) is 7.30. The number of nitrogens with zero attached hydrogens (tertiary/aromatic N) is 5. The Hall–Kier alpha value is -3.56. The molecule has 0 atom stereocenters. The van der Waals surface area contributed by atoms with Gasteiger partial charge in [0, 0.05) is 41.9 Å². The lowest BCUT2D eigenvalue weighted by molar-refractivity contribution is 0.122. The van der Waals surface area contributed by atoms with Gasteiger partial charge < -0.3 is 19.1 Å². The number of halogens is 2. The molecule has 0 amide bonds. The van der Waals surface area contributed by atoms with E-state index in [9.17, 15) is 4.39 Å². The maximum Gasteiger partial charge on any atom is 0.239 e. The molecule has 0 N–H and O–H groups in total. The number of benzene rings is 2. The molecule has 8 nitrogen and oxygen atoms in total. The van der Waals surface area contributed by atoms with Crippen molar-refractivity contribution in [2.24, 2.45) is 0 Å². The molecule has 5 rings (SSSR count). The summed E-state index contributed by atoms with van der Waals surface area (Å²) >= 11 is 6.24. The molecule has 2 aromatic heterocycles. The first-order valence-corrected chi connectivity index (χ1v) is 10.6. The van der Waals surface area contributed by atoms with Gasteiger partial charge in [-0.3, -0.25) is 0 Å². The van der Waals surface area contributed by atoms with Crippen molar-refractivity contribution < 1.29 is 18.6 Å². The van der Waals surface area contributed by atoms with Gasteiger partial charge in [-0.2, -0.15) is 0 Å². The van der Waals surface area contributed by atoms with Crippen LogP contribution in [-0.4, -0.2) is 53.6 Å². The molecule has 1 aliphatic heterocycles. The zero-order chi connectivity index (χ0) is 22.8. The molecule has 10 heteroatoms. The minimum atomic E-state index is -0.523. The smallest absolute Gasteiger partial charge is 0.239 e. The summed E-state index contributed by atoms with van der Waals surface area (Å²) in [5.41, 5.74) is 2.42. The minimum Gasteiger partial charge on any atom is -0.480 e. The van der Waals surface area contributed by atoms with Gasteiger partial charge in [0.1, 0.15) is 17.9 Å². The Balaban J connectivity index is 1.52. The molecule has 0 radical (unpaired) electrons. The van der Waals surface area contributed by atoms with Gasteiger partial charge >= 0.3 is 0 Å². The normalized spacial score (nSPS) is 13.8. The van der Waals surface area contributed by atoms with Crippen molar-refractivity contribution >= 4 is 28.2 Å². The average Bonchev–Trinajstić information content (AvgIpc) is 2.86. The van der Waals surface area contributed by atoms with E-state index in [1.54, 1.807) is 12.1 Å². The maximum absolute atomic E-state index is 15.0. The fraction of sp³-hybridized carbons (Fsp3) is 0.217. The van der Waals surface area contributed by atoms with Crippen molar-refractivity contribution in [2.75, 3.05) is 38.3 Å². The van der Waals surface area contributed by atoms with E-state index in [-0.39, 0.29) is 22.2 Å². The number of anilines is 1. The molecule has 0 saturated carbocycles. The van der Waals surface area contributed by atoms with E-state index in [2.05, 4.69) is 25.1 Å². The molecule has 168 valence electrons. The fourth-order valence-electron chi connectivity index (χ4n) is 3.65. The lowest BCUT2D eigenvalue weighted by Crippen LogP contribution is -2.36. The number of hydrogen-bond acceptors (Lipinski definition) is 8. The number of methoxy groups -OCH3 is 1. The van der Waals surface area contributed by atoms with Crippen LogP contribution in [0, 0.1) is 5.82 Å². The van der Waals surface area contributed by atoms with Crippen LogP contribution in [0.3, 0.4) is 0 Å². The number of ether oxygens (including phenoxy) is 3. The fourth-order valence-corrected chi connectivity index (χ4v) is 3.84. The van der Waals surface area contributed by atoms with Crippen LogP contribution in [0.15, 0.2) is 48.8 Å². The van der Waals surface area contributed by atoms with Gasteiger partial charge in [0.25, 0.3) is 0 Å². The summed E-state index contributed by atoms with van der Waals surface area (Å²) in [4.78, 5) is 11.0. The summed E-state index contributed by atoms with van der Waals surface area (Å²) in [6, 6.07) is 11.7. The summed E-state index contributed by atoms with van der Waals surface area (Å²) in [6.07, 6.45) is 1.42. The molecule has 1 saturated heterocycles. The zero-order valence-electron chi connectivity index (χ0n) is 17.7. The standard InChI is InChI=1S/C23H19ClFN5O3/c1-31-21-4-5-22(29-28-21)33-20-11-16(18(25)12-17(20)24)23-15-3-2-14(10-19(15)26-13-27-23)30-6-8-32-9-7-30/h2-5,10-13H,6-9H2,1H3. The van der Waals surface area contributed by atoms with Gasteiger partial charge in [-0.05, 0) is 30.3 Å². The maximum atomic E-state index is 15.0. The first-order valence-electron chi connectivity index (χ1n) is 10.2. The SMILES string of the molecule is COc1ccc(Oc2cc(-c3ncnc4cc(N5CCOCC5)ccc34)c(F)cc2Cl)nn1. The summed E-state index contributed by atoms with van der Waals surface area (Å²) in [7, 11) is 1.49. The third kappa shape index (κ3) is 4.37. The Morgan fingerprint density at radius 3 is 2.55 bits per heavy atom. The molecule has 4 aromatic rings. The van der Waals surface area contributed by atoms with E-state index in [0.29, 0.717) is 35.7 Å². The van der Waals surface area contributed by atoms with Gasteiger partial charge in [-0.25, -0.2) is 14.4 Å². The number of hydrogen-bond donors (Lipinski definition) is 0. The molecule has 0 spiro atoms. The monoisotopic (exact) mass is 467 g/mol. The minimum absolute atomic E-state index is 0.0989. The Kier molecular flexibility index (Phi) is 5.89. The molecule has 0 unspecified atom stereocenters. The van der Waals surface area contributed by atoms with Gasteiger partial charge in [0.15, 0.2) is 0 Å².